The summed E-state index contributed by atoms with van der Waals surface area (Å²) in [6.45, 7) is 1.40. The Balaban J connectivity index is 1.47. The average molecular weight is 620 g/mol. The van der Waals surface area contributed by atoms with Gasteiger partial charge in [0.05, 0.1) is 23.0 Å². The highest BCUT2D eigenvalue weighted by molar-refractivity contribution is 9.10. The summed E-state index contributed by atoms with van der Waals surface area (Å²) >= 11 is 10.3. The molecular weight excluding hydrogens is 599 g/mol. The van der Waals surface area contributed by atoms with Gasteiger partial charge in [0.2, 0.25) is 0 Å². The van der Waals surface area contributed by atoms with E-state index in [9.17, 15) is 18.8 Å². The number of ether oxygens (including phenoxy) is 2. The molecule has 7 nitrogen and oxygen atoms in total. The van der Waals surface area contributed by atoms with E-state index in [-0.39, 0.29) is 29.4 Å². The van der Waals surface area contributed by atoms with E-state index in [2.05, 4.69) is 21.2 Å². The Bertz CT molecular complexity index is 1470. The van der Waals surface area contributed by atoms with Crippen molar-refractivity contribution in [1.82, 2.24) is 4.90 Å². The quantitative estimate of drug-likeness (QED) is 0.279. The molecule has 0 saturated carbocycles. The molecule has 0 aliphatic carbocycles. The zero-order chi connectivity index (χ0) is 27.4. The van der Waals surface area contributed by atoms with Crippen LogP contribution in [0.1, 0.15) is 16.7 Å². The predicted octanol–water partition coefficient (Wildman–Crippen LogP) is 6.81. The summed E-state index contributed by atoms with van der Waals surface area (Å²) in [4.78, 5) is 38.9. The van der Waals surface area contributed by atoms with Crippen LogP contribution in [0.25, 0.3) is 6.08 Å². The molecule has 3 aromatic rings. The minimum absolute atomic E-state index is 0.161. The molecule has 4 rings (SSSR count). The van der Waals surface area contributed by atoms with E-state index in [0.29, 0.717) is 26.5 Å². The van der Waals surface area contributed by atoms with Crippen LogP contribution in [-0.2, 0) is 16.1 Å². The normalized spacial score (nSPS) is 14.2. The molecule has 0 atom stereocenters. The van der Waals surface area contributed by atoms with Crippen molar-refractivity contribution in [2.24, 2.45) is 0 Å². The van der Waals surface area contributed by atoms with Crippen LogP contribution in [0, 0.1) is 12.7 Å². The largest absolute Gasteiger partial charge is 0.493 e. The number of methoxy groups -OCH3 is 1. The number of nitrogens with one attached hydrogen (secondary N) is 1. The molecule has 0 bridgehead atoms. The van der Waals surface area contributed by atoms with Crippen LogP contribution in [-0.4, -0.2) is 35.7 Å². The minimum atomic E-state index is -0.522. The van der Waals surface area contributed by atoms with E-state index in [1.54, 1.807) is 36.4 Å². The number of benzene rings is 3. The summed E-state index contributed by atoms with van der Waals surface area (Å²) in [5.41, 5.74) is 2.23. The molecule has 1 saturated heterocycles. The van der Waals surface area contributed by atoms with Crippen molar-refractivity contribution >= 4 is 68.1 Å². The third-order valence-corrected chi connectivity index (χ3v) is 7.42. The topological polar surface area (TPSA) is 84.9 Å². The Morgan fingerprint density at radius 2 is 1.95 bits per heavy atom. The van der Waals surface area contributed by atoms with Crippen molar-refractivity contribution in [3.63, 3.8) is 0 Å². The Hall–Kier alpha value is -3.34. The van der Waals surface area contributed by atoms with Crippen LogP contribution in [0.3, 0.4) is 0 Å². The molecule has 1 aliphatic heterocycles. The minimum Gasteiger partial charge on any atom is -0.493 e. The monoisotopic (exact) mass is 618 g/mol. The maximum atomic E-state index is 14.0. The van der Waals surface area contributed by atoms with Crippen LogP contribution < -0.4 is 14.8 Å². The third-order valence-electron chi connectivity index (χ3n) is 5.51. The van der Waals surface area contributed by atoms with E-state index in [4.69, 9.17) is 21.1 Å². The highest BCUT2D eigenvalue weighted by atomic mass is 79.9. The Labute approximate surface area is 236 Å². The smallest absolute Gasteiger partial charge is 0.293 e. The number of imide groups is 1. The Morgan fingerprint density at radius 1 is 1.18 bits per heavy atom. The van der Waals surface area contributed by atoms with E-state index < -0.39 is 22.9 Å². The van der Waals surface area contributed by atoms with Gasteiger partial charge < -0.3 is 14.8 Å². The van der Waals surface area contributed by atoms with Gasteiger partial charge >= 0.3 is 0 Å². The van der Waals surface area contributed by atoms with Gasteiger partial charge in [-0.2, -0.15) is 0 Å². The van der Waals surface area contributed by atoms with Crippen LogP contribution in [0.15, 0.2) is 64.0 Å². The molecule has 1 fully saturated rings. The van der Waals surface area contributed by atoms with Crippen molar-refractivity contribution in [2.45, 2.75) is 13.5 Å². The Morgan fingerprint density at radius 3 is 2.66 bits per heavy atom. The van der Waals surface area contributed by atoms with Crippen LogP contribution >= 0.6 is 39.3 Å². The average Bonchev–Trinajstić information content (AvgIpc) is 3.13. The number of anilines is 1. The molecule has 1 N–H and O–H groups in total. The van der Waals surface area contributed by atoms with Gasteiger partial charge in [-0.05, 0) is 82.2 Å². The van der Waals surface area contributed by atoms with Gasteiger partial charge in [-0.25, -0.2) is 4.39 Å². The SMILES string of the molecule is COc1cc(/C=C2\SC(=O)N(Cc3ccccc3F)C2=O)cc(Br)c1OCC(=O)Nc1ccc(C)c(Cl)c1. The second kappa shape index (κ2) is 12.0. The van der Waals surface area contributed by atoms with E-state index in [1.807, 2.05) is 6.92 Å². The number of hydrogen-bond donors (Lipinski definition) is 1. The number of thioether (sulfide) groups is 1. The van der Waals surface area contributed by atoms with Gasteiger partial charge in [-0.15, -0.1) is 0 Å². The van der Waals surface area contributed by atoms with Gasteiger partial charge in [0.25, 0.3) is 17.1 Å². The number of aryl methyl sites for hydroxylation is 1. The zero-order valence-electron chi connectivity index (χ0n) is 20.2. The van der Waals surface area contributed by atoms with Gasteiger partial charge in [0.15, 0.2) is 18.1 Å². The maximum absolute atomic E-state index is 14.0. The molecule has 0 radical (unpaired) electrons. The molecule has 0 spiro atoms. The highest BCUT2D eigenvalue weighted by Gasteiger charge is 2.35. The molecule has 11 heteroatoms. The summed E-state index contributed by atoms with van der Waals surface area (Å²) in [6.07, 6.45) is 1.54. The summed E-state index contributed by atoms with van der Waals surface area (Å²) in [5.74, 6) is -0.814. The molecule has 1 heterocycles. The van der Waals surface area contributed by atoms with Crippen molar-refractivity contribution in [3.8, 4) is 11.5 Å². The first kappa shape index (κ1) is 27.7. The number of rotatable bonds is 8. The fraction of sp³-hybridized carbons (Fsp3) is 0.148. The lowest BCUT2D eigenvalue weighted by atomic mass is 10.1. The molecule has 1 aliphatic rings. The van der Waals surface area contributed by atoms with Crippen LogP contribution in [0.5, 0.6) is 11.5 Å². The van der Waals surface area contributed by atoms with Gasteiger partial charge in [0.1, 0.15) is 5.82 Å². The molecule has 196 valence electrons. The van der Waals surface area contributed by atoms with Crippen LogP contribution in [0.4, 0.5) is 14.9 Å². The molecular formula is C27H21BrClFN2O5S. The second-order valence-electron chi connectivity index (χ2n) is 8.19. The summed E-state index contributed by atoms with van der Waals surface area (Å²) in [5, 5.41) is 2.76. The van der Waals surface area contributed by atoms with Gasteiger partial charge in [-0.1, -0.05) is 35.9 Å². The van der Waals surface area contributed by atoms with Crippen molar-refractivity contribution < 1.29 is 28.2 Å². The van der Waals surface area contributed by atoms with Crippen LogP contribution in [0.2, 0.25) is 5.02 Å². The maximum Gasteiger partial charge on any atom is 0.293 e. The lowest BCUT2D eigenvalue weighted by molar-refractivity contribution is -0.123. The summed E-state index contributed by atoms with van der Waals surface area (Å²) < 4.78 is 25.6. The van der Waals surface area contributed by atoms with Crippen molar-refractivity contribution in [1.29, 1.82) is 0 Å². The van der Waals surface area contributed by atoms with Gasteiger partial charge in [-0.3, -0.25) is 19.3 Å². The van der Waals surface area contributed by atoms with Crippen molar-refractivity contribution in [2.75, 3.05) is 19.0 Å². The fourth-order valence-corrected chi connectivity index (χ4v) is 5.15. The summed E-state index contributed by atoms with van der Waals surface area (Å²) in [7, 11) is 1.44. The Kier molecular flexibility index (Phi) is 8.76. The fourth-order valence-electron chi connectivity index (χ4n) is 3.55. The molecule has 0 aromatic heterocycles. The molecule has 0 unspecified atom stereocenters. The number of nitrogens with zero attached hydrogens (tertiary/aromatic N) is 1. The predicted molar refractivity (Wildman–Crippen MR) is 149 cm³/mol. The van der Waals surface area contributed by atoms with E-state index in [0.717, 1.165) is 22.2 Å². The molecule has 38 heavy (non-hydrogen) atoms. The number of carbonyl (C=O) groups excluding carboxylic acids is 3. The first-order valence-electron chi connectivity index (χ1n) is 11.2. The van der Waals surface area contributed by atoms with E-state index >= 15 is 0 Å². The third kappa shape index (κ3) is 6.38. The summed E-state index contributed by atoms with van der Waals surface area (Å²) in [6, 6.07) is 14.5. The second-order valence-corrected chi connectivity index (χ2v) is 10.4. The lowest BCUT2D eigenvalue weighted by Gasteiger charge is -2.14. The van der Waals surface area contributed by atoms with Gasteiger partial charge in [0, 0.05) is 16.3 Å². The molecule has 3 amide bonds. The number of halogens is 3. The highest BCUT2D eigenvalue weighted by Crippen LogP contribution is 2.39. The number of amides is 3. The first-order valence-corrected chi connectivity index (χ1v) is 13.2. The zero-order valence-corrected chi connectivity index (χ0v) is 23.4. The lowest BCUT2D eigenvalue weighted by Crippen LogP contribution is -2.27. The molecule has 3 aromatic carbocycles. The first-order chi connectivity index (χ1) is 18.2. The van der Waals surface area contributed by atoms with E-state index in [1.165, 1.54) is 31.4 Å². The number of hydrogen-bond acceptors (Lipinski definition) is 6. The standard InChI is InChI=1S/C27H21BrClFN2O5S/c1-15-7-8-18(12-20(15)29)31-24(33)14-37-25-19(28)9-16(10-22(25)36-2)11-23-26(34)32(27(35)38-23)13-17-5-3-4-6-21(17)30/h3-12H,13-14H2,1-2H3,(H,31,33)/b23-11-. The van der Waals surface area contributed by atoms with Crippen molar-refractivity contribution in [3.05, 3.63) is 91.5 Å². The number of carbonyl (C=O) groups is 3.